The van der Waals surface area contributed by atoms with E-state index in [4.69, 9.17) is 10.8 Å². The zero-order valence-electron chi connectivity index (χ0n) is 10.2. The van der Waals surface area contributed by atoms with E-state index in [0.717, 1.165) is 4.90 Å². The number of hydrogen-bond acceptors (Lipinski definition) is 5. The lowest BCUT2D eigenvalue weighted by Crippen LogP contribution is -2.52. The molecule has 0 radical (unpaired) electrons. The Kier molecular flexibility index (Phi) is 6.19. The van der Waals surface area contributed by atoms with E-state index >= 15 is 0 Å². The summed E-state index contributed by atoms with van der Waals surface area (Å²) < 4.78 is 4.59. The SMILES string of the molecule is CCOC(=O)C(N)C(=O)N(C)C(CC)C(=O)O. The Hall–Kier alpha value is -1.63. The van der Waals surface area contributed by atoms with Crippen molar-refractivity contribution in [3.05, 3.63) is 0 Å². The van der Waals surface area contributed by atoms with Gasteiger partial charge in [-0.05, 0) is 13.3 Å². The van der Waals surface area contributed by atoms with Crippen molar-refractivity contribution >= 4 is 17.8 Å². The van der Waals surface area contributed by atoms with Crippen LogP contribution in [0.15, 0.2) is 0 Å². The van der Waals surface area contributed by atoms with E-state index in [9.17, 15) is 14.4 Å². The minimum Gasteiger partial charge on any atom is -0.480 e. The minimum absolute atomic E-state index is 0.111. The summed E-state index contributed by atoms with van der Waals surface area (Å²) in [7, 11) is 1.30. The Morgan fingerprint density at radius 1 is 1.35 bits per heavy atom. The molecule has 0 aromatic carbocycles. The van der Waals surface area contributed by atoms with Gasteiger partial charge in [-0.25, -0.2) is 9.59 Å². The van der Waals surface area contributed by atoms with Crippen LogP contribution in [0.25, 0.3) is 0 Å². The third-order valence-electron chi connectivity index (χ3n) is 2.29. The molecule has 0 aliphatic carbocycles. The van der Waals surface area contributed by atoms with Gasteiger partial charge in [0.25, 0.3) is 5.91 Å². The van der Waals surface area contributed by atoms with Crippen molar-refractivity contribution in [1.82, 2.24) is 4.90 Å². The number of nitrogens with zero attached hydrogens (tertiary/aromatic N) is 1. The molecule has 98 valence electrons. The Morgan fingerprint density at radius 3 is 2.24 bits per heavy atom. The van der Waals surface area contributed by atoms with Gasteiger partial charge < -0.3 is 20.5 Å². The number of carboxylic acids is 1. The van der Waals surface area contributed by atoms with Gasteiger partial charge in [0.05, 0.1) is 6.61 Å². The minimum atomic E-state index is -1.48. The first-order valence-corrected chi connectivity index (χ1v) is 5.28. The molecule has 0 bridgehead atoms. The van der Waals surface area contributed by atoms with E-state index < -0.39 is 29.9 Å². The number of ether oxygens (including phenoxy) is 1. The van der Waals surface area contributed by atoms with Gasteiger partial charge >= 0.3 is 11.9 Å². The maximum atomic E-state index is 11.7. The number of nitrogens with two attached hydrogens (primary N) is 1. The van der Waals surface area contributed by atoms with Crippen LogP contribution in [0, 0.1) is 0 Å². The Morgan fingerprint density at radius 2 is 1.88 bits per heavy atom. The first kappa shape index (κ1) is 15.4. The largest absolute Gasteiger partial charge is 0.480 e. The molecular formula is C10H18N2O5. The standard InChI is InChI=1S/C10H18N2O5/c1-4-6(9(14)15)12(3)8(13)7(11)10(16)17-5-2/h6-7H,4-5,11H2,1-3H3,(H,14,15). The summed E-state index contributed by atoms with van der Waals surface area (Å²) in [4.78, 5) is 34.7. The van der Waals surface area contributed by atoms with Crippen LogP contribution in [-0.4, -0.2) is 53.6 Å². The summed E-state index contributed by atoms with van der Waals surface area (Å²) in [6.45, 7) is 3.32. The predicted octanol–water partition coefficient (Wildman–Crippen LogP) is -0.802. The molecule has 7 heteroatoms. The normalized spacial score (nSPS) is 13.6. The number of hydrogen-bond donors (Lipinski definition) is 2. The van der Waals surface area contributed by atoms with E-state index in [-0.39, 0.29) is 13.0 Å². The number of carbonyl (C=O) groups excluding carboxylic acids is 2. The summed E-state index contributed by atoms with van der Waals surface area (Å²) in [5.41, 5.74) is 5.38. The number of likely N-dealkylation sites (N-methyl/N-ethyl adjacent to an activating group) is 1. The van der Waals surface area contributed by atoms with Crippen molar-refractivity contribution in [3.8, 4) is 0 Å². The molecule has 1 amide bonds. The quantitative estimate of drug-likeness (QED) is 0.469. The highest BCUT2D eigenvalue weighted by atomic mass is 16.5. The monoisotopic (exact) mass is 246 g/mol. The van der Waals surface area contributed by atoms with Gasteiger partial charge in [-0.2, -0.15) is 0 Å². The van der Waals surface area contributed by atoms with Gasteiger partial charge in [-0.15, -0.1) is 0 Å². The van der Waals surface area contributed by atoms with Crippen molar-refractivity contribution < 1.29 is 24.2 Å². The van der Waals surface area contributed by atoms with Crippen molar-refractivity contribution in [2.24, 2.45) is 5.73 Å². The number of esters is 1. The second-order valence-electron chi connectivity index (χ2n) is 3.44. The third kappa shape index (κ3) is 4.03. The van der Waals surface area contributed by atoms with Crippen LogP contribution in [0.4, 0.5) is 0 Å². The Balaban J connectivity index is 4.68. The molecule has 0 aromatic heterocycles. The van der Waals surface area contributed by atoms with E-state index in [0.29, 0.717) is 0 Å². The van der Waals surface area contributed by atoms with Gasteiger partial charge in [0.2, 0.25) is 0 Å². The van der Waals surface area contributed by atoms with Gasteiger partial charge in [-0.3, -0.25) is 4.79 Å². The zero-order valence-corrected chi connectivity index (χ0v) is 10.2. The predicted molar refractivity (Wildman–Crippen MR) is 59.1 cm³/mol. The van der Waals surface area contributed by atoms with Crippen LogP contribution < -0.4 is 5.73 Å². The van der Waals surface area contributed by atoms with Crippen LogP contribution in [-0.2, 0) is 19.1 Å². The fraction of sp³-hybridized carbons (Fsp3) is 0.700. The first-order valence-electron chi connectivity index (χ1n) is 5.28. The van der Waals surface area contributed by atoms with Gasteiger partial charge in [-0.1, -0.05) is 6.92 Å². The summed E-state index contributed by atoms with van der Waals surface area (Å²) in [6.07, 6.45) is 0.229. The van der Waals surface area contributed by atoms with Crippen LogP contribution in [0.5, 0.6) is 0 Å². The van der Waals surface area contributed by atoms with Crippen LogP contribution in [0.1, 0.15) is 20.3 Å². The summed E-state index contributed by atoms with van der Waals surface area (Å²) in [5.74, 6) is -2.76. The molecule has 0 saturated heterocycles. The average Bonchev–Trinajstić information content (AvgIpc) is 2.27. The lowest BCUT2D eigenvalue weighted by Gasteiger charge is -2.25. The molecule has 0 heterocycles. The van der Waals surface area contributed by atoms with Crippen LogP contribution >= 0.6 is 0 Å². The van der Waals surface area contributed by atoms with Crippen molar-refractivity contribution in [3.63, 3.8) is 0 Å². The van der Waals surface area contributed by atoms with Gasteiger partial charge in [0, 0.05) is 7.05 Å². The molecule has 0 aliphatic rings. The van der Waals surface area contributed by atoms with Crippen LogP contribution in [0.3, 0.4) is 0 Å². The molecule has 2 atom stereocenters. The fourth-order valence-corrected chi connectivity index (χ4v) is 1.32. The highest BCUT2D eigenvalue weighted by Crippen LogP contribution is 2.04. The van der Waals surface area contributed by atoms with Gasteiger partial charge in [0.15, 0.2) is 6.04 Å². The molecule has 2 unspecified atom stereocenters. The highest BCUT2D eigenvalue weighted by Gasteiger charge is 2.32. The Labute approximate surface area is 99.5 Å². The maximum absolute atomic E-state index is 11.7. The summed E-state index contributed by atoms with van der Waals surface area (Å²) in [5, 5.41) is 8.87. The van der Waals surface area contributed by atoms with Crippen molar-refractivity contribution in [1.29, 1.82) is 0 Å². The number of amides is 1. The van der Waals surface area contributed by atoms with Crippen LogP contribution in [0.2, 0.25) is 0 Å². The molecule has 0 aliphatic heterocycles. The maximum Gasteiger partial charge on any atom is 0.332 e. The van der Waals surface area contributed by atoms with E-state index in [1.807, 2.05) is 0 Å². The molecule has 17 heavy (non-hydrogen) atoms. The molecule has 0 saturated carbocycles. The molecular weight excluding hydrogens is 228 g/mol. The number of aliphatic carboxylic acids is 1. The smallest absolute Gasteiger partial charge is 0.332 e. The van der Waals surface area contributed by atoms with E-state index in [1.165, 1.54) is 7.05 Å². The molecule has 3 N–H and O–H groups in total. The van der Waals surface area contributed by atoms with Crippen molar-refractivity contribution in [2.75, 3.05) is 13.7 Å². The molecule has 7 nitrogen and oxygen atoms in total. The second-order valence-corrected chi connectivity index (χ2v) is 3.44. The molecule has 0 aromatic rings. The van der Waals surface area contributed by atoms with Crippen molar-refractivity contribution in [2.45, 2.75) is 32.4 Å². The third-order valence-corrected chi connectivity index (χ3v) is 2.29. The van der Waals surface area contributed by atoms with Gasteiger partial charge in [0.1, 0.15) is 6.04 Å². The number of rotatable bonds is 6. The zero-order chi connectivity index (χ0) is 13.6. The molecule has 0 rings (SSSR count). The highest BCUT2D eigenvalue weighted by molar-refractivity contribution is 6.02. The van der Waals surface area contributed by atoms with E-state index in [2.05, 4.69) is 4.74 Å². The number of carbonyl (C=O) groups is 3. The first-order chi connectivity index (χ1) is 7.86. The second kappa shape index (κ2) is 6.85. The summed E-state index contributed by atoms with van der Waals surface area (Å²) in [6, 6.07) is -2.48. The summed E-state index contributed by atoms with van der Waals surface area (Å²) >= 11 is 0. The van der Waals surface area contributed by atoms with E-state index in [1.54, 1.807) is 13.8 Å². The number of carboxylic acid groups (broad SMARTS) is 1. The lowest BCUT2D eigenvalue weighted by atomic mass is 10.1. The topological polar surface area (TPSA) is 110 Å². The molecule has 0 fully saturated rings. The Bertz CT molecular complexity index is 305. The average molecular weight is 246 g/mol. The fourth-order valence-electron chi connectivity index (χ4n) is 1.32. The lowest BCUT2D eigenvalue weighted by molar-refractivity contribution is -0.156. The molecule has 0 spiro atoms.